The molecule has 5 rings (SSSR count). The monoisotopic (exact) mass is 390 g/mol. The maximum Gasteiger partial charge on any atom is 0.173 e. The number of rotatable bonds is 2. The van der Waals surface area contributed by atoms with Crippen LogP contribution in [0.2, 0.25) is 5.02 Å². The molecule has 0 aromatic heterocycles. The van der Waals surface area contributed by atoms with E-state index in [9.17, 15) is 0 Å². The molecule has 1 aromatic rings. The molecule has 1 aromatic carbocycles. The fraction of sp³-hybridized carbons (Fsp3) is 0.444. The fourth-order valence-electron chi connectivity index (χ4n) is 3.80. The van der Waals surface area contributed by atoms with Crippen LogP contribution in [0.4, 0.5) is 5.69 Å². The summed E-state index contributed by atoms with van der Waals surface area (Å²) in [5, 5.41) is 8.81. The molecule has 4 aliphatic rings. The van der Waals surface area contributed by atoms with Gasteiger partial charge in [-0.25, -0.2) is 4.99 Å². The summed E-state index contributed by atoms with van der Waals surface area (Å²) in [7, 11) is 0. The SMILES string of the molecule is Clc1ccc2c(c1)CN1C(CSC3=N[C@@H]4CCCC[C@H]4N3)=CSC1=N2. The van der Waals surface area contributed by atoms with Gasteiger partial charge in [0.05, 0.1) is 24.3 Å². The van der Waals surface area contributed by atoms with E-state index in [4.69, 9.17) is 21.6 Å². The minimum atomic E-state index is 0.504. The molecule has 0 amide bonds. The molecule has 3 heterocycles. The second-order valence-electron chi connectivity index (χ2n) is 6.81. The third kappa shape index (κ3) is 3.09. The van der Waals surface area contributed by atoms with Crippen LogP contribution in [0, 0.1) is 0 Å². The molecule has 0 unspecified atom stereocenters. The number of hydrogen-bond donors (Lipinski definition) is 1. The van der Waals surface area contributed by atoms with Crippen molar-refractivity contribution in [1.29, 1.82) is 0 Å². The zero-order valence-electron chi connectivity index (χ0n) is 13.7. The summed E-state index contributed by atoms with van der Waals surface area (Å²) in [5.41, 5.74) is 3.53. The Balaban J connectivity index is 1.26. The average Bonchev–Trinajstić information content (AvgIpc) is 3.21. The molecule has 0 spiro atoms. The van der Waals surface area contributed by atoms with E-state index in [1.807, 2.05) is 30.0 Å². The number of halogens is 1. The van der Waals surface area contributed by atoms with E-state index in [-0.39, 0.29) is 0 Å². The maximum atomic E-state index is 6.15. The van der Waals surface area contributed by atoms with Crippen molar-refractivity contribution >= 4 is 51.1 Å². The summed E-state index contributed by atoms with van der Waals surface area (Å²) in [6.07, 6.45) is 5.15. The first kappa shape index (κ1) is 16.1. The Morgan fingerprint density at radius 3 is 3.16 bits per heavy atom. The van der Waals surface area contributed by atoms with Gasteiger partial charge in [0.15, 0.2) is 10.3 Å². The van der Waals surface area contributed by atoms with E-state index in [0.717, 1.165) is 33.3 Å². The number of aliphatic imine (C=N–C) groups is 2. The predicted octanol–water partition coefficient (Wildman–Crippen LogP) is 4.73. The molecular weight excluding hydrogens is 372 g/mol. The molecule has 25 heavy (non-hydrogen) atoms. The molecule has 1 saturated carbocycles. The molecule has 7 heteroatoms. The molecule has 1 aliphatic carbocycles. The second kappa shape index (κ2) is 6.56. The van der Waals surface area contributed by atoms with E-state index in [1.165, 1.54) is 36.9 Å². The standard InChI is InChI=1S/C18H19ClN4S2/c19-12-5-6-14-11(7-12)8-23-13(10-25-18(23)22-14)9-24-17-20-15-3-1-2-4-16(15)21-17/h5-7,10,15-16H,1-4,8-9H2,(H,20,21)/t15-,16-/m1/s1. The van der Waals surface area contributed by atoms with Gasteiger partial charge in [0.25, 0.3) is 0 Å². The van der Waals surface area contributed by atoms with Crippen LogP contribution in [-0.2, 0) is 6.54 Å². The van der Waals surface area contributed by atoms with Crippen molar-refractivity contribution < 1.29 is 0 Å². The number of hydrogen-bond acceptors (Lipinski definition) is 6. The van der Waals surface area contributed by atoms with E-state index in [1.54, 1.807) is 11.8 Å². The van der Waals surface area contributed by atoms with Crippen molar-refractivity contribution in [2.75, 3.05) is 5.75 Å². The first-order chi connectivity index (χ1) is 12.3. The molecule has 1 fully saturated rings. The van der Waals surface area contributed by atoms with E-state index >= 15 is 0 Å². The smallest absolute Gasteiger partial charge is 0.173 e. The van der Waals surface area contributed by atoms with Crippen LogP contribution in [0.5, 0.6) is 0 Å². The second-order valence-corrected chi connectivity index (χ2v) is 9.04. The van der Waals surface area contributed by atoms with Crippen molar-refractivity contribution in [3.8, 4) is 0 Å². The molecule has 2 atom stereocenters. The number of amidine groups is 2. The Hall–Kier alpha value is -1.11. The van der Waals surface area contributed by atoms with Crippen LogP contribution in [0.15, 0.2) is 39.3 Å². The number of fused-ring (bicyclic) bond motifs is 3. The highest BCUT2D eigenvalue weighted by molar-refractivity contribution is 8.17. The van der Waals surface area contributed by atoms with Gasteiger partial charge < -0.3 is 10.2 Å². The van der Waals surface area contributed by atoms with Crippen LogP contribution >= 0.6 is 35.1 Å². The van der Waals surface area contributed by atoms with Gasteiger partial charge in [-0.3, -0.25) is 4.99 Å². The highest BCUT2D eigenvalue weighted by Gasteiger charge is 2.32. The first-order valence-corrected chi connectivity index (χ1v) is 11.0. The first-order valence-electron chi connectivity index (χ1n) is 8.74. The zero-order chi connectivity index (χ0) is 16.8. The minimum Gasteiger partial charge on any atom is -0.360 e. The highest BCUT2D eigenvalue weighted by atomic mass is 35.5. The van der Waals surface area contributed by atoms with Crippen LogP contribution < -0.4 is 5.32 Å². The number of nitrogens with one attached hydrogen (secondary N) is 1. The zero-order valence-corrected chi connectivity index (χ0v) is 16.1. The molecule has 0 radical (unpaired) electrons. The summed E-state index contributed by atoms with van der Waals surface area (Å²) in [4.78, 5) is 12.0. The molecule has 1 N–H and O–H groups in total. The van der Waals surface area contributed by atoms with Crippen molar-refractivity contribution in [2.24, 2.45) is 9.98 Å². The van der Waals surface area contributed by atoms with Crippen LogP contribution in [0.25, 0.3) is 0 Å². The van der Waals surface area contributed by atoms with Gasteiger partial charge >= 0.3 is 0 Å². The molecule has 0 saturated heterocycles. The number of benzene rings is 1. The Morgan fingerprint density at radius 2 is 2.24 bits per heavy atom. The van der Waals surface area contributed by atoms with Gasteiger partial charge in [-0.1, -0.05) is 48.0 Å². The van der Waals surface area contributed by atoms with Crippen molar-refractivity contribution in [1.82, 2.24) is 10.2 Å². The summed E-state index contributed by atoms with van der Waals surface area (Å²) in [6.45, 7) is 0.847. The summed E-state index contributed by atoms with van der Waals surface area (Å²) in [5.74, 6) is 0.924. The van der Waals surface area contributed by atoms with Crippen molar-refractivity contribution in [3.05, 3.63) is 39.9 Å². The Morgan fingerprint density at radius 1 is 1.32 bits per heavy atom. The fourth-order valence-corrected chi connectivity index (χ4v) is 5.98. The van der Waals surface area contributed by atoms with Gasteiger partial charge in [0, 0.05) is 16.5 Å². The molecule has 4 nitrogen and oxygen atoms in total. The highest BCUT2D eigenvalue weighted by Crippen LogP contribution is 2.39. The Labute approximate surface area is 161 Å². The van der Waals surface area contributed by atoms with E-state index in [2.05, 4.69) is 15.6 Å². The third-order valence-electron chi connectivity index (χ3n) is 5.14. The topological polar surface area (TPSA) is 40.0 Å². The molecular formula is C18H19ClN4S2. The summed E-state index contributed by atoms with van der Waals surface area (Å²) in [6, 6.07) is 7.02. The lowest BCUT2D eigenvalue weighted by molar-refractivity contribution is 0.385. The number of nitrogens with zero attached hydrogens (tertiary/aromatic N) is 3. The average molecular weight is 391 g/mol. The quantitative estimate of drug-likeness (QED) is 0.792. The summed E-state index contributed by atoms with van der Waals surface area (Å²) >= 11 is 9.68. The molecule has 3 aliphatic heterocycles. The summed E-state index contributed by atoms with van der Waals surface area (Å²) < 4.78 is 0. The van der Waals surface area contributed by atoms with Crippen LogP contribution in [0.1, 0.15) is 31.2 Å². The van der Waals surface area contributed by atoms with Gasteiger partial charge in [-0.15, -0.1) is 0 Å². The lowest BCUT2D eigenvalue weighted by Crippen LogP contribution is -2.36. The lowest BCUT2D eigenvalue weighted by Gasteiger charge is -2.27. The van der Waals surface area contributed by atoms with Gasteiger partial charge in [-0.2, -0.15) is 0 Å². The largest absolute Gasteiger partial charge is 0.360 e. The normalized spacial score (nSPS) is 26.9. The number of thioether (sulfide) groups is 2. The molecule has 0 bridgehead atoms. The van der Waals surface area contributed by atoms with Crippen molar-refractivity contribution in [3.63, 3.8) is 0 Å². The lowest BCUT2D eigenvalue weighted by atomic mass is 9.92. The third-order valence-corrected chi connectivity index (χ3v) is 7.23. The predicted molar refractivity (Wildman–Crippen MR) is 109 cm³/mol. The minimum absolute atomic E-state index is 0.504. The van der Waals surface area contributed by atoms with E-state index in [0.29, 0.717) is 12.1 Å². The Kier molecular flexibility index (Phi) is 4.22. The van der Waals surface area contributed by atoms with E-state index < -0.39 is 0 Å². The van der Waals surface area contributed by atoms with Crippen LogP contribution in [-0.4, -0.2) is 33.1 Å². The van der Waals surface area contributed by atoms with Crippen LogP contribution in [0.3, 0.4) is 0 Å². The molecule has 130 valence electrons. The maximum absolute atomic E-state index is 6.15. The Bertz CT molecular complexity index is 804. The van der Waals surface area contributed by atoms with Gasteiger partial charge in [0.1, 0.15) is 0 Å². The van der Waals surface area contributed by atoms with Gasteiger partial charge in [0.2, 0.25) is 0 Å². The van der Waals surface area contributed by atoms with Gasteiger partial charge in [-0.05, 0) is 42.0 Å². The van der Waals surface area contributed by atoms with Crippen molar-refractivity contribution in [2.45, 2.75) is 44.3 Å².